The van der Waals surface area contributed by atoms with Gasteiger partial charge in [0.15, 0.2) is 5.82 Å². The van der Waals surface area contributed by atoms with Crippen LogP contribution in [0.25, 0.3) is 98.6 Å². The summed E-state index contributed by atoms with van der Waals surface area (Å²) in [6, 6.07) is 99.0. The Kier molecular flexibility index (Phi) is 9.07. The van der Waals surface area contributed by atoms with Crippen LogP contribution in [0, 0.1) is 0 Å². The van der Waals surface area contributed by atoms with Crippen molar-refractivity contribution >= 4 is 31.5 Å². The van der Waals surface area contributed by atoms with E-state index in [4.69, 9.17) is 9.97 Å². The number of benzene rings is 11. The number of hydrogen-bond acceptors (Lipinski definition) is 3. The summed E-state index contributed by atoms with van der Waals surface area (Å²) in [6.07, 6.45) is 0. The zero-order chi connectivity index (χ0) is 49.2. The van der Waals surface area contributed by atoms with Gasteiger partial charge in [-0.3, -0.25) is 0 Å². The number of hydrogen-bond donors (Lipinski definition) is 0. The fraction of sp³-hybridized carbons (Fsp3) is 0.0278. The fourth-order valence-corrected chi connectivity index (χ4v) is 14.6. The first-order valence-corrected chi connectivity index (χ1v) is 26.7. The van der Waals surface area contributed by atoms with Gasteiger partial charge in [0.05, 0.1) is 22.2 Å². The minimum atomic E-state index is -0.604. The van der Waals surface area contributed by atoms with Crippen molar-refractivity contribution in [1.29, 1.82) is 0 Å². The van der Waals surface area contributed by atoms with Gasteiger partial charge < -0.3 is 0 Å². The molecule has 0 saturated heterocycles. The lowest BCUT2D eigenvalue weighted by molar-refractivity contribution is 0.633. The molecule has 3 aliphatic carbocycles. The van der Waals surface area contributed by atoms with E-state index in [0.717, 1.165) is 44.8 Å². The second-order valence-corrected chi connectivity index (χ2v) is 21.4. The number of thiophene rings is 1. The monoisotopic (exact) mass is 968 g/mol. The van der Waals surface area contributed by atoms with E-state index in [2.05, 4.69) is 267 Å². The molecule has 3 heteroatoms. The molecule has 0 amide bonds. The summed E-state index contributed by atoms with van der Waals surface area (Å²) < 4.78 is 2.61. The molecular formula is C72H44N2S. The Bertz CT molecular complexity index is 4390. The number of rotatable bonds is 5. The quantitative estimate of drug-likeness (QED) is 0.172. The van der Waals surface area contributed by atoms with E-state index in [1.807, 2.05) is 11.3 Å². The molecule has 0 radical (unpaired) electrons. The molecule has 75 heavy (non-hydrogen) atoms. The predicted molar refractivity (Wildman–Crippen MR) is 310 cm³/mol. The molecule has 0 aliphatic heterocycles. The second-order valence-electron chi connectivity index (χ2n) is 20.3. The van der Waals surface area contributed by atoms with E-state index in [1.165, 1.54) is 92.5 Å². The maximum Gasteiger partial charge on any atom is 0.160 e. The molecule has 2 aromatic heterocycles. The van der Waals surface area contributed by atoms with Gasteiger partial charge in [0.1, 0.15) is 0 Å². The highest BCUT2D eigenvalue weighted by atomic mass is 32.1. The first-order chi connectivity index (χ1) is 37.2. The average molecular weight is 969 g/mol. The smallest absolute Gasteiger partial charge is 0.160 e. The predicted octanol–water partition coefficient (Wildman–Crippen LogP) is 18.2. The van der Waals surface area contributed by atoms with Crippen LogP contribution in [-0.4, -0.2) is 9.97 Å². The largest absolute Gasteiger partial charge is 0.228 e. The summed E-state index contributed by atoms with van der Waals surface area (Å²) in [6.45, 7) is 0. The van der Waals surface area contributed by atoms with E-state index < -0.39 is 10.8 Å². The molecule has 0 bridgehead atoms. The molecule has 13 aromatic rings. The lowest BCUT2D eigenvalue weighted by atomic mass is 9.52. The highest BCUT2D eigenvalue weighted by molar-refractivity contribution is 7.25. The van der Waals surface area contributed by atoms with Gasteiger partial charge in [-0.2, -0.15) is 0 Å². The summed E-state index contributed by atoms with van der Waals surface area (Å²) in [5.41, 5.74) is 24.2. The van der Waals surface area contributed by atoms with Crippen molar-refractivity contribution in [2.45, 2.75) is 10.8 Å². The van der Waals surface area contributed by atoms with Crippen LogP contribution in [0.2, 0.25) is 0 Å². The normalized spacial score (nSPS) is 13.8. The van der Waals surface area contributed by atoms with Gasteiger partial charge in [-0.05, 0) is 131 Å². The Morgan fingerprint density at radius 3 is 1.36 bits per heavy atom. The molecule has 0 unspecified atom stereocenters. The third-order valence-electron chi connectivity index (χ3n) is 16.6. The minimum absolute atomic E-state index is 0.501. The first kappa shape index (κ1) is 42.2. The molecule has 0 fully saturated rings. The molecule has 2 spiro atoms. The molecule has 348 valence electrons. The van der Waals surface area contributed by atoms with Gasteiger partial charge in [0.25, 0.3) is 0 Å². The van der Waals surface area contributed by atoms with Gasteiger partial charge in [0.2, 0.25) is 0 Å². The Hall–Kier alpha value is -9.28. The van der Waals surface area contributed by atoms with Gasteiger partial charge in [-0.25, -0.2) is 9.97 Å². The van der Waals surface area contributed by atoms with Gasteiger partial charge >= 0.3 is 0 Å². The maximum absolute atomic E-state index is 5.35. The number of aromatic nitrogens is 2. The van der Waals surface area contributed by atoms with Crippen molar-refractivity contribution in [3.63, 3.8) is 0 Å². The number of fused-ring (bicyclic) bond motifs is 19. The SMILES string of the molecule is c1ccc(-c2cccc(-c3cc(-c4ccccc4)nc(-c4cccc(-c5ccc6c(c5)-c5cc7sc8ccccc8c7cc5C65c6ccccc6C6(c7ccccc7-c7ccccc76)c6ccccc65)c4)n3)c2)cc1. The zero-order valence-corrected chi connectivity index (χ0v) is 41.5. The topological polar surface area (TPSA) is 25.8 Å². The third-order valence-corrected chi connectivity index (χ3v) is 17.7. The summed E-state index contributed by atoms with van der Waals surface area (Å²) in [5.74, 6) is 0.690. The molecular weight excluding hydrogens is 925 g/mol. The maximum atomic E-state index is 5.35. The Morgan fingerprint density at radius 2 is 0.693 bits per heavy atom. The van der Waals surface area contributed by atoms with Crippen molar-refractivity contribution in [3.05, 3.63) is 311 Å². The zero-order valence-electron chi connectivity index (χ0n) is 40.7. The summed E-state index contributed by atoms with van der Waals surface area (Å²) in [5, 5.41) is 2.62. The van der Waals surface area contributed by atoms with Gasteiger partial charge in [-0.1, -0.05) is 224 Å². The molecule has 2 nitrogen and oxygen atoms in total. The van der Waals surface area contributed by atoms with Crippen molar-refractivity contribution in [3.8, 4) is 78.4 Å². The van der Waals surface area contributed by atoms with Crippen LogP contribution in [-0.2, 0) is 10.8 Å². The first-order valence-electron chi connectivity index (χ1n) is 25.9. The van der Waals surface area contributed by atoms with Crippen LogP contribution in [0.5, 0.6) is 0 Å². The summed E-state index contributed by atoms with van der Waals surface area (Å²) in [7, 11) is 0. The highest BCUT2D eigenvalue weighted by Gasteiger charge is 2.59. The third kappa shape index (κ3) is 5.96. The molecule has 3 aliphatic rings. The molecule has 0 atom stereocenters. The molecule has 0 saturated carbocycles. The van der Waals surface area contributed by atoms with E-state index in [-0.39, 0.29) is 0 Å². The van der Waals surface area contributed by atoms with Crippen LogP contribution >= 0.6 is 11.3 Å². The molecule has 2 heterocycles. The van der Waals surface area contributed by atoms with Crippen LogP contribution in [0.4, 0.5) is 0 Å². The van der Waals surface area contributed by atoms with Crippen molar-refractivity contribution in [2.75, 3.05) is 0 Å². The van der Waals surface area contributed by atoms with Crippen LogP contribution < -0.4 is 0 Å². The van der Waals surface area contributed by atoms with Crippen molar-refractivity contribution in [1.82, 2.24) is 9.97 Å². The Balaban J connectivity index is 0.912. The van der Waals surface area contributed by atoms with Gasteiger partial charge in [-0.15, -0.1) is 11.3 Å². The van der Waals surface area contributed by atoms with E-state index in [9.17, 15) is 0 Å². The molecule has 16 rings (SSSR count). The van der Waals surface area contributed by atoms with Crippen LogP contribution in [0.15, 0.2) is 267 Å². The lowest BCUT2D eigenvalue weighted by Crippen LogP contribution is -2.43. The highest BCUT2D eigenvalue weighted by Crippen LogP contribution is 2.68. The van der Waals surface area contributed by atoms with Crippen molar-refractivity contribution < 1.29 is 0 Å². The van der Waals surface area contributed by atoms with E-state index in [0.29, 0.717) is 5.82 Å². The van der Waals surface area contributed by atoms with Gasteiger partial charge in [0, 0.05) is 36.9 Å². The van der Waals surface area contributed by atoms with E-state index >= 15 is 0 Å². The van der Waals surface area contributed by atoms with Crippen LogP contribution in [0.3, 0.4) is 0 Å². The standard InChI is InChI=1S/C72H44N2S/c1-3-19-45(20-4-1)47-23-17-25-50(39-47)67-44-66(46-21-5-2-6-22-46)73-70(74-67)51-26-18-24-48(40-51)49-37-38-60-55(41-49)56-43-69-57(54-29-9-16-36-68(54)75-69)42-65(56)72(60)63-34-14-12-32-61(63)71(62-33-13-15-35-64(62)72)58-30-10-7-27-52(58)53-28-8-11-31-59(53)71/h1-44H. The average Bonchev–Trinajstić information content (AvgIpc) is 4.23. The Morgan fingerprint density at radius 1 is 0.240 bits per heavy atom. The number of nitrogens with zero attached hydrogens (tertiary/aromatic N) is 2. The fourth-order valence-electron chi connectivity index (χ4n) is 13.5. The van der Waals surface area contributed by atoms with Crippen molar-refractivity contribution in [2.24, 2.45) is 0 Å². The van der Waals surface area contributed by atoms with E-state index in [1.54, 1.807) is 0 Å². The lowest BCUT2D eigenvalue weighted by Gasteiger charge is -2.48. The van der Waals surface area contributed by atoms with Crippen LogP contribution in [0.1, 0.15) is 44.5 Å². The summed E-state index contributed by atoms with van der Waals surface area (Å²) >= 11 is 1.89. The Labute approximate surface area is 439 Å². The summed E-state index contributed by atoms with van der Waals surface area (Å²) in [4.78, 5) is 10.6. The second kappa shape index (κ2) is 16.1. The minimum Gasteiger partial charge on any atom is -0.228 e. The molecule has 0 N–H and O–H groups in total. The molecule has 11 aromatic carbocycles.